The Bertz CT molecular complexity index is 977. The van der Waals surface area contributed by atoms with Crippen molar-refractivity contribution in [3.63, 3.8) is 0 Å². The van der Waals surface area contributed by atoms with Gasteiger partial charge in [0.25, 0.3) is 0 Å². The van der Waals surface area contributed by atoms with Crippen LogP contribution in [0.4, 0.5) is 0 Å². The Balaban J connectivity index is 1.86. The van der Waals surface area contributed by atoms with Crippen molar-refractivity contribution in [1.29, 1.82) is 0 Å². The molecule has 6 nitrogen and oxygen atoms in total. The molecule has 0 amide bonds. The largest absolute Gasteiger partial charge is 0.359 e. The minimum atomic E-state index is -3.73. The topological polar surface area (TPSA) is 76.3 Å². The Labute approximate surface area is 146 Å². The molecule has 2 heterocycles. The van der Waals surface area contributed by atoms with Gasteiger partial charge in [0, 0.05) is 12.3 Å². The highest BCUT2D eigenvalue weighted by Crippen LogP contribution is 2.21. The maximum atomic E-state index is 12.8. The molecule has 0 fully saturated rings. The van der Waals surface area contributed by atoms with Crippen LogP contribution in [0.2, 0.25) is 0 Å². The predicted octanol–water partition coefficient (Wildman–Crippen LogP) is 2.56. The highest BCUT2D eigenvalue weighted by Gasteiger charge is 2.25. The van der Waals surface area contributed by atoms with Gasteiger partial charge < -0.3 is 4.52 Å². The highest BCUT2D eigenvalue weighted by molar-refractivity contribution is 7.89. The van der Waals surface area contributed by atoms with E-state index in [1.54, 1.807) is 42.6 Å². The minimum absolute atomic E-state index is 0.0126. The van der Waals surface area contributed by atoms with Gasteiger partial charge in [-0.3, -0.25) is 4.98 Å². The molecule has 126 valence electrons. The van der Waals surface area contributed by atoms with Gasteiger partial charge in [-0.05, 0) is 24.3 Å². The summed E-state index contributed by atoms with van der Waals surface area (Å²) in [6.07, 6.45) is 6.99. The molecule has 0 radical (unpaired) electrons. The lowest BCUT2D eigenvalue weighted by Crippen LogP contribution is -2.30. The van der Waals surface area contributed by atoms with Gasteiger partial charge in [0.1, 0.15) is 5.69 Å². The quantitative estimate of drug-likeness (QED) is 0.637. The Morgan fingerprint density at radius 3 is 2.52 bits per heavy atom. The second-order valence-electron chi connectivity index (χ2n) is 5.18. The lowest BCUT2D eigenvalue weighted by atomic mass is 10.2. The van der Waals surface area contributed by atoms with Crippen LogP contribution in [-0.4, -0.2) is 29.4 Å². The van der Waals surface area contributed by atoms with Crippen molar-refractivity contribution in [2.75, 3.05) is 6.54 Å². The zero-order valence-corrected chi connectivity index (χ0v) is 14.1. The van der Waals surface area contributed by atoms with Crippen LogP contribution in [0.3, 0.4) is 0 Å². The second-order valence-corrected chi connectivity index (χ2v) is 7.12. The average molecular weight is 353 g/mol. The molecule has 0 bridgehead atoms. The molecule has 7 heteroatoms. The first kappa shape index (κ1) is 16.9. The molecule has 0 N–H and O–H groups in total. The van der Waals surface area contributed by atoms with E-state index in [4.69, 9.17) is 10.9 Å². The van der Waals surface area contributed by atoms with Gasteiger partial charge in [0.05, 0.1) is 23.7 Å². The van der Waals surface area contributed by atoms with E-state index in [0.717, 1.165) is 0 Å². The molecule has 3 aromatic rings. The zero-order chi connectivity index (χ0) is 17.7. The zero-order valence-electron chi connectivity index (χ0n) is 13.2. The Hall–Kier alpha value is -2.95. The first-order valence-electron chi connectivity index (χ1n) is 7.47. The molecular weight excluding hydrogens is 338 g/mol. The van der Waals surface area contributed by atoms with Crippen LogP contribution in [0, 0.1) is 12.3 Å². The van der Waals surface area contributed by atoms with Gasteiger partial charge in [-0.2, -0.15) is 4.31 Å². The fraction of sp³-hybridized carbons (Fsp3) is 0.111. The van der Waals surface area contributed by atoms with Crippen molar-refractivity contribution in [3.05, 3.63) is 66.6 Å². The van der Waals surface area contributed by atoms with E-state index >= 15 is 0 Å². The molecule has 0 saturated carbocycles. The number of sulfonamides is 1. The van der Waals surface area contributed by atoms with Gasteiger partial charge in [-0.15, -0.1) is 6.42 Å². The minimum Gasteiger partial charge on any atom is -0.359 e. The van der Waals surface area contributed by atoms with E-state index in [2.05, 4.69) is 16.1 Å². The summed E-state index contributed by atoms with van der Waals surface area (Å²) in [6.45, 7) is -0.0852. The van der Waals surface area contributed by atoms with Crippen LogP contribution in [0.1, 0.15) is 5.76 Å². The van der Waals surface area contributed by atoms with E-state index in [1.165, 1.54) is 16.4 Å². The summed E-state index contributed by atoms with van der Waals surface area (Å²) in [5, 5.41) is 3.94. The van der Waals surface area contributed by atoms with E-state index in [9.17, 15) is 8.42 Å². The third-order valence-corrected chi connectivity index (χ3v) is 5.27. The highest BCUT2D eigenvalue weighted by atomic mass is 32.2. The molecule has 0 unspecified atom stereocenters. The number of terminal acetylenes is 1. The molecule has 3 rings (SSSR count). The molecule has 1 aromatic carbocycles. The van der Waals surface area contributed by atoms with Crippen molar-refractivity contribution in [1.82, 2.24) is 14.4 Å². The second kappa shape index (κ2) is 7.30. The fourth-order valence-corrected chi connectivity index (χ4v) is 3.61. The summed E-state index contributed by atoms with van der Waals surface area (Å²) >= 11 is 0. The fourth-order valence-electron chi connectivity index (χ4n) is 2.27. The lowest BCUT2D eigenvalue weighted by Gasteiger charge is -2.18. The average Bonchev–Trinajstić information content (AvgIpc) is 3.11. The van der Waals surface area contributed by atoms with Gasteiger partial charge in [-0.25, -0.2) is 8.42 Å². The number of hydrogen-bond acceptors (Lipinski definition) is 5. The van der Waals surface area contributed by atoms with E-state index in [0.29, 0.717) is 17.1 Å². The molecule has 25 heavy (non-hydrogen) atoms. The lowest BCUT2D eigenvalue weighted by molar-refractivity contribution is 0.336. The number of pyridine rings is 1. The molecule has 0 saturated heterocycles. The SMILES string of the molecule is C#CCN(Cc1cc(-c2ccccn2)no1)S(=O)(=O)c1ccccc1. The first-order chi connectivity index (χ1) is 12.1. The van der Waals surface area contributed by atoms with Crippen LogP contribution < -0.4 is 0 Å². The predicted molar refractivity (Wildman–Crippen MR) is 92.6 cm³/mol. The number of nitrogens with zero attached hydrogens (tertiary/aromatic N) is 3. The van der Waals surface area contributed by atoms with Gasteiger partial charge in [-0.1, -0.05) is 35.3 Å². The summed E-state index contributed by atoms with van der Waals surface area (Å²) in [6, 6.07) is 15.2. The third kappa shape index (κ3) is 3.76. The van der Waals surface area contributed by atoms with Crippen LogP contribution in [0.25, 0.3) is 11.4 Å². The summed E-state index contributed by atoms with van der Waals surface area (Å²) in [5.41, 5.74) is 1.18. The summed E-state index contributed by atoms with van der Waals surface area (Å²) in [7, 11) is -3.73. The van der Waals surface area contributed by atoms with Crippen LogP contribution in [-0.2, 0) is 16.6 Å². The first-order valence-corrected chi connectivity index (χ1v) is 8.91. The maximum absolute atomic E-state index is 12.8. The van der Waals surface area contributed by atoms with E-state index < -0.39 is 10.0 Å². The van der Waals surface area contributed by atoms with E-state index in [1.807, 2.05) is 6.07 Å². The number of aromatic nitrogens is 2. The standard InChI is InChI=1S/C18H15N3O3S/c1-2-12-21(25(22,23)16-8-4-3-5-9-16)14-15-13-18(20-24-15)17-10-6-7-11-19-17/h1,3-11,13H,12,14H2. The maximum Gasteiger partial charge on any atom is 0.244 e. The van der Waals surface area contributed by atoms with Crippen LogP contribution >= 0.6 is 0 Å². The van der Waals surface area contributed by atoms with Crippen molar-refractivity contribution in [2.45, 2.75) is 11.4 Å². The van der Waals surface area contributed by atoms with Crippen LogP contribution in [0.15, 0.2) is 70.2 Å². The van der Waals surface area contributed by atoms with E-state index in [-0.39, 0.29) is 18.0 Å². The van der Waals surface area contributed by atoms with Crippen molar-refractivity contribution in [2.24, 2.45) is 0 Å². The normalized spacial score (nSPS) is 11.4. The molecule has 0 aliphatic carbocycles. The third-order valence-electron chi connectivity index (χ3n) is 3.47. The molecule has 0 aliphatic rings. The summed E-state index contributed by atoms with van der Waals surface area (Å²) < 4.78 is 32.0. The van der Waals surface area contributed by atoms with Gasteiger partial charge >= 0.3 is 0 Å². The number of benzene rings is 1. The van der Waals surface area contributed by atoms with Gasteiger partial charge in [0.15, 0.2) is 5.76 Å². The summed E-state index contributed by atoms with van der Waals surface area (Å²) in [4.78, 5) is 4.36. The molecule has 0 aliphatic heterocycles. The molecule has 0 atom stereocenters. The summed E-state index contributed by atoms with van der Waals surface area (Å²) in [5.74, 6) is 2.76. The van der Waals surface area contributed by atoms with Crippen molar-refractivity contribution in [3.8, 4) is 23.7 Å². The Morgan fingerprint density at radius 1 is 1.08 bits per heavy atom. The van der Waals surface area contributed by atoms with Crippen molar-refractivity contribution >= 4 is 10.0 Å². The smallest absolute Gasteiger partial charge is 0.244 e. The Morgan fingerprint density at radius 2 is 1.84 bits per heavy atom. The number of rotatable bonds is 6. The molecular formula is C18H15N3O3S. The molecule has 0 spiro atoms. The monoisotopic (exact) mass is 353 g/mol. The number of hydrogen-bond donors (Lipinski definition) is 0. The Kier molecular flexibility index (Phi) is 4.93. The molecule has 2 aromatic heterocycles. The van der Waals surface area contributed by atoms with Gasteiger partial charge in [0.2, 0.25) is 10.0 Å². The van der Waals surface area contributed by atoms with Crippen LogP contribution in [0.5, 0.6) is 0 Å². The van der Waals surface area contributed by atoms with Crippen molar-refractivity contribution < 1.29 is 12.9 Å².